The van der Waals surface area contributed by atoms with Gasteiger partial charge in [-0.25, -0.2) is 0 Å². The molecule has 0 aromatic rings. The van der Waals surface area contributed by atoms with E-state index in [1.165, 1.54) is 0 Å². The minimum atomic E-state index is -0.836. The molecular weight excluding hydrogens is 356 g/mol. The summed E-state index contributed by atoms with van der Waals surface area (Å²) in [5.41, 5.74) is -1.33. The fourth-order valence-corrected chi connectivity index (χ4v) is 8.69. The highest BCUT2D eigenvalue weighted by Crippen LogP contribution is 2.73. The van der Waals surface area contributed by atoms with E-state index in [9.17, 15) is 15.0 Å². The average molecular weight is 393 g/mol. The lowest BCUT2D eigenvalue weighted by Crippen LogP contribution is -2.76. The van der Waals surface area contributed by atoms with Crippen molar-refractivity contribution in [3.63, 3.8) is 0 Å². The molecule has 0 aromatic heterocycles. The summed E-state index contributed by atoms with van der Waals surface area (Å²) in [7, 11) is 0. The summed E-state index contributed by atoms with van der Waals surface area (Å²) in [6.07, 6.45) is 1.37. The topological polar surface area (TPSA) is 76.0 Å². The van der Waals surface area contributed by atoms with Gasteiger partial charge in [0.05, 0.1) is 29.8 Å². The lowest BCUT2D eigenvalue weighted by Gasteiger charge is -2.70. The van der Waals surface area contributed by atoms with Gasteiger partial charge in [0.2, 0.25) is 0 Å². The highest BCUT2D eigenvalue weighted by atomic mass is 16.7. The Morgan fingerprint density at radius 1 is 1.04 bits per heavy atom. The SMILES string of the molecule is C[C@H]1C(=O)[C@@]23[C@@H]4OC(C)(C)O[C@@H]2C[C@@H]2C(C)(C)CC[C@@H](O)[C@@]2(C)[C@@H]3[C@@H](O)C[C@H]41. The first kappa shape index (κ1) is 19.5. The highest BCUT2D eigenvalue weighted by molar-refractivity contribution is 5.92. The molecule has 5 rings (SSSR count). The van der Waals surface area contributed by atoms with Crippen LogP contribution in [0.4, 0.5) is 0 Å². The predicted molar refractivity (Wildman–Crippen MR) is 103 cm³/mol. The number of Topliss-reactive ketones (excluding diaryl/α,β-unsaturated/α-hetero) is 1. The van der Waals surface area contributed by atoms with E-state index in [-0.39, 0.29) is 47.1 Å². The molecule has 10 atom stereocenters. The number of hydrogen-bond acceptors (Lipinski definition) is 5. The summed E-state index contributed by atoms with van der Waals surface area (Å²) < 4.78 is 12.9. The number of hydrogen-bond donors (Lipinski definition) is 2. The molecule has 5 aliphatic rings. The standard InChI is InChI=1S/C23H36O5/c1-11-12-9-13(24)17-22(6)14(20(2,3)8-7-15(22)25)10-16-23(17,18(11)26)19(12)28-21(4,5)27-16/h11-17,19,24-25H,7-10H2,1-6H3/t11-,12+,13+,14-,15-,16-,17+,19-,22+,23-/m1/s1. The summed E-state index contributed by atoms with van der Waals surface area (Å²) in [4.78, 5) is 13.8. The van der Waals surface area contributed by atoms with Gasteiger partial charge in [0.15, 0.2) is 5.79 Å². The van der Waals surface area contributed by atoms with Crippen LogP contribution < -0.4 is 0 Å². The molecule has 158 valence electrons. The monoisotopic (exact) mass is 392 g/mol. The molecule has 4 aliphatic carbocycles. The third kappa shape index (κ3) is 2.00. The second-order valence-corrected chi connectivity index (χ2v) is 11.8. The first-order valence-electron chi connectivity index (χ1n) is 11.1. The van der Waals surface area contributed by atoms with Crippen molar-refractivity contribution in [3.8, 4) is 0 Å². The largest absolute Gasteiger partial charge is 0.393 e. The van der Waals surface area contributed by atoms with Gasteiger partial charge in [-0.2, -0.15) is 0 Å². The summed E-state index contributed by atoms with van der Waals surface area (Å²) in [6, 6.07) is 0. The fraction of sp³-hybridized carbons (Fsp3) is 0.957. The van der Waals surface area contributed by atoms with Crippen molar-refractivity contribution in [2.45, 2.75) is 97.4 Å². The van der Waals surface area contributed by atoms with Crippen LogP contribution in [0, 0.1) is 39.9 Å². The van der Waals surface area contributed by atoms with Crippen molar-refractivity contribution < 1.29 is 24.5 Å². The molecule has 5 nitrogen and oxygen atoms in total. The molecule has 5 fully saturated rings. The van der Waals surface area contributed by atoms with Gasteiger partial charge in [-0.15, -0.1) is 0 Å². The Morgan fingerprint density at radius 2 is 1.71 bits per heavy atom. The first-order valence-corrected chi connectivity index (χ1v) is 11.1. The molecule has 0 unspecified atom stereocenters. The number of ketones is 1. The molecule has 1 saturated heterocycles. The van der Waals surface area contributed by atoms with E-state index in [1.807, 2.05) is 20.8 Å². The summed E-state index contributed by atoms with van der Waals surface area (Å²) >= 11 is 0. The second-order valence-electron chi connectivity index (χ2n) is 11.8. The zero-order chi connectivity index (χ0) is 20.4. The molecule has 4 saturated carbocycles. The average Bonchev–Trinajstić information content (AvgIpc) is 2.72. The lowest BCUT2D eigenvalue weighted by molar-refractivity contribution is -0.394. The zero-order valence-corrected chi connectivity index (χ0v) is 18.1. The Labute approximate surface area is 168 Å². The van der Waals surface area contributed by atoms with E-state index in [0.29, 0.717) is 6.42 Å². The molecule has 2 N–H and O–H groups in total. The maximum Gasteiger partial charge on any atom is 0.163 e. The van der Waals surface area contributed by atoms with Crippen LogP contribution in [0.1, 0.15) is 67.2 Å². The molecule has 0 amide bonds. The van der Waals surface area contributed by atoms with Gasteiger partial charge in [0, 0.05) is 17.3 Å². The Kier molecular flexibility index (Phi) is 3.76. The van der Waals surface area contributed by atoms with E-state index in [0.717, 1.165) is 19.3 Å². The summed E-state index contributed by atoms with van der Waals surface area (Å²) in [5.74, 6) is -0.794. The summed E-state index contributed by atoms with van der Waals surface area (Å²) in [5, 5.41) is 22.7. The number of ether oxygens (including phenoxy) is 2. The fourth-order valence-electron chi connectivity index (χ4n) is 8.69. The van der Waals surface area contributed by atoms with Crippen LogP contribution in [0.3, 0.4) is 0 Å². The number of rotatable bonds is 0. The molecule has 28 heavy (non-hydrogen) atoms. The lowest BCUT2D eigenvalue weighted by atomic mass is 9.38. The van der Waals surface area contributed by atoms with Crippen molar-refractivity contribution in [1.29, 1.82) is 0 Å². The predicted octanol–water partition coefficient (Wildman–Crippen LogP) is 2.92. The number of aliphatic hydroxyl groups is 2. The van der Waals surface area contributed by atoms with Crippen LogP contribution >= 0.6 is 0 Å². The molecule has 1 aliphatic heterocycles. The molecule has 2 bridgehead atoms. The van der Waals surface area contributed by atoms with Crippen LogP contribution in [0.2, 0.25) is 0 Å². The van der Waals surface area contributed by atoms with E-state index < -0.39 is 28.8 Å². The first-order chi connectivity index (χ1) is 12.9. The number of carbonyl (C=O) groups excluding carboxylic acids is 1. The van der Waals surface area contributed by atoms with Crippen molar-refractivity contribution in [2.24, 2.45) is 39.9 Å². The summed E-state index contributed by atoms with van der Waals surface area (Å²) in [6.45, 7) is 12.6. The van der Waals surface area contributed by atoms with Crippen molar-refractivity contribution >= 4 is 5.78 Å². The maximum atomic E-state index is 13.8. The van der Waals surface area contributed by atoms with Crippen LogP contribution in [0.25, 0.3) is 0 Å². The molecule has 5 heteroatoms. The van der Waals surface area contributed by atoms with Gasteiger partial charge >= 0.3 is 0 Å². The van der Waals surface area contributed by atoms with Gasteiger partial charge in [-0.1, -0.05) is 27.7 Å². The minimum Gasteiger partial charge on any atom is -0.393 e. The maximum absolute atomic E-state index is 13.8. The normalized spacial score (nSPS) is 58.8. The van der Waals surface area contributed by atoms with Gasteiger partial charge in [-0.3, -0.25) is 4.79 Å². The van der Waals surface area contributed by atoms with Gasteiger partial charge in [0.25, 0.3) is 0 Å². The minimum absolute atomic E-state index is 0.0262. The molecule has 1 spiro atoms. The van der Waals surface area contributed by atoms with Crippen molar-refractivity contribution in [3.05, 3.63) is 0 Å². The van der Waals surface area contributed by atoms with Gasteiger partial charge in [0.1, 0.15) is 5.78 Å². The zero-order valence-electron chi connectivity index (χ0n) is 18.1. The number of aliphatic hydroxyl groups excluding tert-OH is 2. The van der Waals surface area contributed by atoms with Crippen LogP contribution in [0.15, 0.2) is 0 Å². The Morgan fingerprint density at radius 3 is 2.39 bits per heavy atom. The van der Waals surface area contributed by atoms with E-state index >= 15 is 0 Å². The quantitative estimate of drug-likeness (QED) is 0.663. The van der Waals surface area contributed by atoms with E-state index in [4.69, 9.17) is 9.47 Å². The van der Waals surface area contributed by atoms with Crippen molar-refractivity contribution in [1.82, 2.24) is 0 Å². The smallest absolute Gasteiger partial charge is 0.163 e. The van der Waals surface area contributed by atoms with Crippen molar-refractivity contribution in [2.75, 3.05) is 0 Å². The Bertz CT molecular complexity index is 716. The third-order valence-electron chi connectivity index (χ3n) is 9.72. The van der Waals surface area contributed by atoms with Crippen LogP contribution in [0.5, 0.6) is 0 Å². The molecule has 1 heterocycles. The molecule has 0 radical (unpaired) electrons. The Balaban J connectivity index is 1.75. The highest BCUT2D eigenvalue weighted by Gasteiger charge is 2.80. The number of fused-ring (bicyclic) bond motifs is 2. The van der Waals surface area contributed by atoms with E-state index in [2.05, 4.69) is 20.8 Å². The van der Waals surface area contributed by atoms with E-state index in [1.54, 1.807) is 0 Å². The molecule has 0 aromatic carbocycles. The van der Waals surface area contributed by atoms with Gasteiger partial charge in [-0.05, 0) is 56.8 Å². The molecular formula is C23H36O5. The number of carbonyl (C=O) groups is 1. The third-order valence-corrected chi connectivity index (χ3v) is 9.72. The van der Waals surface area contributed by atoms with Crippen LogP contribution in [-0.4, -0.2) is 46.2 Å². The van der Waals surface area contributed by atoms with Gasteiger partial charge < -0.3 is 19.7 Å². The second kappa shape index (κ2) is 5.40. The van der Waals surface area contributed by atoms with Crippen LogP contribution in [-0.2, 0) is 14.3 Å². The Hall–Kier alpha value is -0.490.